The van der Waals surface area contributed by atoms with E-state index in [4.69, 9.17) is 15.2 Å². The molecular formula is C20H30N2O3S2. The number of thioether (sulfide) groups is 2. The first kappa shape index (κ1) is 21.8. The van der Waals surface area contributed by atoms with Crippen LogP contribution >= 0.6 is 23.5 Å². The van der Waals surface area contributed by atoms with E-state index in [1.807, 2.05) is 28.4 Å². The number of likely N-dealkylation sites (tertiary alicyclic amines) is 1. The first-order chi connectivity index (χ1) is 13.1. The Bertz CT molecular complexity index is 648. The van der Waals surface area contributed by atoms with Crippen LogP contribution in [-0.4, -0.2) is 53.2 Å². The molecule has 0 aliphatic carbocycles. The Morgan fingerprint density at radius 1 is 1.37 bits per heavy atom. The summed E-state index contributed by atoms with van der Waals surface area (Å²) in [5, 5.41) is 0. The van der Waals surface area contributed by atoms with Crippen molar-refractivity contribution in [1.29, 1.82) is 0 Å². The number of carbonyl (C=O) groups excluding carboxylic acids is 1. The molecule has 1 amide bonds. The lowest BCUT2D eigenvalue weighted by Gasteiger charge is -2.31. The number of amides is 1. The van der Waals surface area contributed by atoms with Gasteiger partial charge in [0.1, 0.15) is 6.61 Å². The van der Waals surface area contributed by atoms with Gasteiger partial charge < -0.3 is 20.1 Å². The summed E-state index contributed by atoms with van der Waals surface area (Å²) < 4.78 is 11.4. The number of carbonyl (C=O) groups is 1. The second kappa shape index (κ2) is 10.8. The van der Waals surface area contributed by atoms with Gasteiger partial charge in [-0.15, -0.1) is 23.5 Å². The smallest absolute Gasteiger partial charge is 0.256 e. The van der Waals surface area contributed by atoms with Gasteiger partial charge in [-0.25, -0.2) is 0 Å². The maximum absolute atomic E-state index is 13.3. The number of hydrogen-bond donors (Lipinski definition) is 1. The minimum atomic E-state index is -0.0259. The zero-order valence-electron chi connectivity index (χ0n) is 16.4. The van der Waals surface area contributed by atoms with Gasteiger partial charge in [-0.1, -0.05) is 26.5 Å². The molecule has 1 saturated heterocycles. The van der Waals surface area contributed by atoms with Gasteiger partial charge in [-0.2, -0.15) is 0 Å². The van der Waals surface area contributed by atoms with Crippen molar-refractivity contribution in [1.82, 2.24) is 4.90 Å². The standard InChI is InChI=1S/C20H30N2O3S2/c1-5-11-25-18-13-15(21)14(12-17(18)24-4)19(23)22-10-8-9-16(22)20(26-6-2)27-7-3/h5,12-13,16,20H,1,6-11,21H2,2-4H3/t16-/m0/s1. The molecule has 7 heteroatoms. The van der Waals surface area contributed by atoms with Crippen molar-refractivity contribution < 1.29 is 14.3 Å². The van der Waals surface area contributed by atoms with Crippen molar-refractivity contribution in [3.63, 3.8) is 0 Å². The van der Waals surface area contributed by atoms with Crippen LogP contribution in [0.15, 0.2) is 24.8 Å². The molecule has 2 N–H and O–H groups in total. The Kier molecular flexibility index (Phi) is 8.70. The largest absolute Gasteiger partial charge is 0.493 e. The predicted molar refractivity (Wildman–Crippen MR) is 117 cm³/mol. The first-order valence-corrected chi connectivity index (χ1v) is 11.4. The fraction of sp³-hybridized carbons (Fsp3) is 0.550. The van der Waals surface area contributed by atoms with E-state index >= 15 is 0 Å². The van der Waals surface area contributed by atoms with E-state index in [1.165, 1.54) is 0 Å². The number of benzene rings is 1. The fourth-order valence-corrected chi connectivity index (χ4v) is 6.13. The van der Waals surface area contributed by atoms with Gasteiger partial charge in [0.05, 0.1) is 23.3 Å². The van der Waals surface area contributed by atoms with Gasteiger partial charge >= 0.3 is 0 Å². The SMILES string of the molecule is C=CCOc1cc(N)c(C(=O)N2CCC[C@H]2C(SCC)SCC)cc1OC. The zero-order valence-corrected chi connectivity index (χ0v) is 18.0. The Balaban J connectivity index is 2.28. The van der Waals surface area contributed by atoms with Crippen LogP contribution in [0.3, 0.4) is 0 Å². The minimum Gasteiger partial charge on any atom is -0.493 e. The molecule has 1 aliphatic rings. The monoisotopic (exact) mass is 410 g/mol. The summed E-state index contributed by atoms with van der Waals surface area (Å²) in [7, 11) is 1.56. The van der Waals surface area contributed by atoms with Crippen molar-refractivity contribution in [3.8, 4) is 11.5 Å². The van der Waals surface area contributed by atoms with E-state index in [9.17, 15) is 4.79 Å². The summed E-state index contributed by atoms with van der Waals surface area (Å²) in [6.45, 7) is 9.10. The molecule has 0 spiro atoms. The van der Waals surface area contributed by atoms with Crippen molar-refractivity contribution in [2.75, 3.05) is 37.5 Å². The maximum atomic E-state index is 13.3. The van der Waals surface area contributed by atoms with Gasteiger partial charge in [0, 0.05) is 18.3 Å². The Morgan fingerprint density at radius 2 is 2.07 bits per heavy atom. The van der Waals surface area contributed by atoms with Crippen LogP contribution in [0.1, 0.15) is 37.0 Å². The molecule has 1 fully saturated rings. The van der Waals surface area contributed by atoms with Gasteiger partial charge in [-0.3, -0.25) is 4.79 Å². The van der Waals surface area contributed by atoms with Gasteiger partial charge in [0.2, 0.25) is 0 Å². The number of anilines is 1. The van der Waals surface area contributed by atoms with E-state index in [2.05, 4.69) is 20.4 Å². The number of nitrogen functional groups attached to an aromatic ring is 1. The van der Waals surface area contributed by atoms with Crippen LogP contribution < -0.4 is 15.2 Å². The lowest BCUT2D eigenvalue weighted by atomic mass is 10.1. The number of nitrogens with two attached hydrogens (primary N) is 1. The lowest BCUT2D eigenvalue weighted by molar-refractivity contribution is 0.0746. The molecule has 5 nitrogen and oxygen atoms in total. The van der Waals surface area contributed by atoms with Crippen LogP contribution in [0, 0.1) is 0 Å². The van der Waals surface area contributed by atoms with E-state index in [-0.39, 0.29) is 11.9 Å². The molecule has 1 atom stereocenters. The summed E-state index contributed by atoms with van der Waals surface area (Å²) >= 11 is 3.84. The fourth-order valence-electron chi connectivity index (χ4n) is 3.26. The van der Waals surface area contributed by atoms with Crippen LogP contribution in [0.5, 0.6) is 11.5 Å². The summed E-state index contributed by atoms with van der Waals surface area (Å²) in [5.41, 5.74) is 7.09. The molecule has 1 aliphatic heterocycles. The van der Waals surface area contributed by atoms with Gasteiger partial charge in [0.15, 0.2) is 11.5 Å². The summed E-state index contributed by atoms with van der Waals surface area (Å²) in [6.07, 6.45) is 3.72. The van der Waals surface area contributed by atoms with Crippen molar-refractivity contribution >= 4 is 35.1 Å². The first-order valence-electron chi connectivity index (χ1n) is 9.32. The third kappa shape index (κ3) is 5.29. The van der Waals surface area contributed by atoms with Gasteiger partial charge in [-0.05, 0) is 30.4 Å². The molecular weight excluding hydrogens is 380 g/mol. The van der Waals surface area contributed by atoms with Crippen molar-refractivity contribution in [2.24, 2.45) is 0 Å². The highest BCUT2D eigenvalue weighted by Crippen LogP contribution is 2.38. The van der Waals surface area contributed by atoms with E-state index < -0.39 is 0 Å². The van der Waals surface area contributed by atoms with Crippen LogP contribution in [0.4, 0.5) is 5.69 Å². The lowest BCUT2D eigenvalue weighted by Crippen LogP contribution is -2.41. The Labute approximate surface area is 171 Å². The Hall–Kier alpha value is -1.47. The third-order valence-corrected chi connectivity index (χ3v) is 7.23. The second-order valence-corrected chi connectivity index (χ2v) is 9.31. The van der Waals surface area contributed by atoms with Crippen LogP contribution in [0.2, 0.25) is 0 Å². The molecule has 150 valence electrons. The molecule has 0 aromatic heterocycles. The molecule has 0 radical (unpaired) electrons. The molecule has 0 saturated carbocycles. The highest BCUT2D eigenvalue weighted by Gasteiger charge is 2.36. The topological polar surface area (TPSA) is 64.8 Å². The Morgan fingerprint density at radius 3 is 2.67 bits per heavy atom. The molecule has 27 heavy (non-hydrogen) atoms. The summed E-state index contributed by atoms with van der Waals surface area (Å²) in [4.78, 5) is 15.3. The highest BCUT2D eigenvalue weighted by atomic mass is 32.2. The number of ether oxygens (including phenoxy) is 2. The normalized spacial score (nSPS) is 16.6. The molecule has 1 aromatic rings. The number of nitrogens with zero attached hydrogens (tertiary/aromatic N) is 1. The van der Waals surface area contributed by atoms with E-state index in [1.54, 1.807) is 25.3 Å². The summed E-state index contributed by atoms with van der Waals surface area (Å²) in [5.74, 6) is 3.09. The quantitative estimate of drug-likeness (QED) is 0.353. The zero-order chi connectivity index (χ0) is 19.8. The van der Waals surface area contributed by atoms with Crippen molar-refractivity contribution in [2.45, 2.75) is 37.3 Å². The second-order valence-electron chi connectivity index (χ2n) is 6.18. The number of methoxy groups -OCH3 is 1. The molecule has 0 unspecified atom stereocenters. The third-order valence-electron chi connectivity index (χ3n) is 4.46. The van der Waals surface area contributed by atoms with Crippen LogP contribution in [0.25, 0.3) is 0 Å². The molecule has 0 bridgehead atoms. The average molecular weight is 411 g/mol. The average Bonchev–Trinajstić information content (AvgIpc) is 3.15. The molecule has 1 aromatic carbocycles. The number of hydrogen-bond acceptors (Lipinski definition) is 6. The summed E-state index contributed by atoms with van der Waals surface area (Å²) in [6, 6.07) is 3.59. The minimum absolute atomic E-state index is 0.0259. The van der Waals surface area contributed by atoms with Crippen LogP contribution in [-0.2, 0) is 0 Å². The van der Waals surface area contributed by atoms with Gasteiger partial charge in [0.25, 0.3) is 5.91 Å². The van der Waals surface area contributed by atoms with E-state index in [0.717, 1.165) is 30.9 Å². The highest BCUT2D eigenvalue weighted by molar-refractivity contribution is 8.17. The predicted octanol–water partition coefficient (Wildman–Crippen LogP) is 4.28. The van der Waals surface area contributed by atoms with E-state index in [0.29, 0.717) is 33.9 Å². The molecule has 2 rings (SSSR count). The van der Waals surface area contributed by atoms with Crippen molar-refractivity contribution in [3.05, 3.63) is 30.4 Å². The number of rotatable bonds is 10. The molecule has 1 heterocycles. The maximum Gasteiger partial charge on any atom is 0.256 e.